The third-order valence-corrected chi connectivity index (χ3v) is 11.3. The maximum absolute atomic E-state index is 6.72. The summed E-state index contributed by atoms with van der Waals surface area (Å²) >= 11 is 0. The number of rotatable bonds is 13. The summed E-state index contributed by atoms with van der Waals surface area (Å²) in [5.41, 5.74) is 1.66. The van der Waals surface area contributed by atoms with Gasteiger partial charge in [0.1, 0.15) is 6.10 Å². The zero-order chi connectivity index (χ0) is 19.6. The van der Waals surface area contributed by atoms with Crippen molar-refractivity contribution in [3.05, 3.63) is 0 Å². The summed E-state index contributed by atoms with van der Waals surface area (Å²) in [7, 11) is -1.92. The van der Waals surface area contributed by atoms with E-state index in [1.807, 2.05) is 13.8 Å². The van der Waals surface area contributed by atoms with Crippen LogP contribution < -0.4 is 0 Å². The van der Waals surface area contributed by atoms with Gasteiger partial charge in [-0.25, -0.2) is 0 Å². The van der Waals surface area contributed by atoms with Crippen molar-refractivity contribution < 1.29 is 13.9 Å². The molecule has 0 aliphatic rings. The topological polar surface area (TPSA) is 27.7 Å². The van der Waals surface area contributed by atoms with E-state index < -0.39 is 8.32 Å². The Kier molecular flexibility index (Phi) is 12.0. The van der Waals surface area contributed by atoms with Gasteiger partial charge in [-0.05, 0) is 49.2 Å². The maximum atomic E-state index is 6.72. The Balaban J connectivity index is 4.70. The normalized spacial score (nSPS) is 16.3. The molecule has 1 unspecified atom stereocenters. The second-order valence-electron chi connectivity index (χ2n) is 8.13. The van der Waals surface area contributed by atoms with E-state index in [-0.39, 0.29) is 12.4 Å². The minimum absolute atomic E-state index is 0.0920. The molecule has 0 heterocycles. The molecule has 0 saturated carbocycles. The fourth-order valence-corrected chi connectivity index (χ4v) is 9.43. The first kappa shape index (κ1) is 24.7. The van der Waals surface area contributed by atoms with Gasteiger partial charge in [-0.2, -0.15) is 0 Å². The van der Waals surface area contributed by atoms with Crippen LogP contribution in [-0.4, -0.2) is 33.9 Å². The molecular weight excluding hydrogens is 328 g/mol. The summed E-state index contributed by atoms with van der Waals surface area (Å²) in [6.45, 7) is 21.3. The van der Waals surface area contributed by atoms with E-state index in [9.17, 15) is 0 Å². The van der Waals surface area contributed by atoms with E-state index in [1.54, 1.807) is 0 Å². The zero-order valence-corrected chi connectivity index (χ0v) is 19.1. The zero-order valence-electron chi connectivity index (χ0n) is 18.1. The second-order valence-corrected chi connectivity index (χ2v) is 13.5. The van der Waals surface area contributed by atoms with Crippen molar-refractivity contribution in [3.8, 4) is 12.3 Å². The standard InChI is InChI=1S/C21H42O3Si/c1-11-21(14-13-19(9)15-23-20(10)22-12-2)24-25(16(3)4,17(5)6)18(7)8/h1,16-21H,12-15H2,2-10H3/t19-,20?,21+/m0/s1. The lowest BCUT2D eigenvalue weighted by Crippen LogP contribution is -2.50. The van der Waals surface area contributed by atoms with Crippen molar-refractivity contribution >= 4 is 8.32 Å². The van der Waals surface area contributed by atoms with Crippen LogP contribution in [0.25, 0.3) is 0 Å². The van der Waals surface area contributed by atoms with Crippen LogP contribution in [0.2, 0.25) is 16.6 Å². The van der Waals surface area contributed by atoms with Gasteiger partial charge in [0.15, 0.2) is 6.29 Å². The van der Waals surface area contributed by atoms with Gasteiger partial charge in [0.05, 0.1) is 6.61 Å². The summed E-state index contributed by atoms with van der Waals surface area (Å²) < 4.78 is 17.9. The minimum Gasteiger partial charge on any atom is -0.403 e. The first-order valence-corrected chi connectivity index (χ1v) is 12.1. The van der Waals surface area contributed by atoms with Crippen molar-refractivity contribution in [1.82, 2.24) is 0 Å². The number of terminal acetylenes is 1. The number of hydrogen-bond acceptors (Lipinski definition) is 3. The van der Waals surface area contributed by atoms with E-state index in [4.69, 9.17) is 20.3 Å². The van der Waals surface area contributed by atoms with Crippen LogP contribution in [0.3, 0.4) is 0 Å². The lowest BCUT2D eigenvalue weighted by molar-refractivity contribution is -0.134. The molecule has 0 rings (SSSR count). The highest BCUT2D eigenvalue weighted by atomic mass is 28.4. The second kappa shape index (κ2) is 12.1. The Hall–Kier alpha value is -0.343. The van der Waals surface area contributed by atoms with Crippen LogP contribution in [0.4, 0.5) is 0 Å². The molecule has 0 aromatic carbocycles. The van der Waals surface area contributed by atoms with Crippen molar-refractivity contribution in [2.24, 2.45) is 5.92 Å². The number of ether oxygens (including phenoxy) is 2. The molecule has 0 amide bonds. The molecule has 0 aliphatic heterocycles. The van der Waals surface area contributed by atoms with E-state index >= 15 is 0 Å². The van der Waals surface area contributed by atoms with Crippen LogP contribution in [-0.2, 0) is 13.9 Å². The Morgan fingerprint density at radius 2 is 1.36 bits per heavy atom. The summed E-state index contributed by atoms with van der Waals surface area (Å²) in [5, 5.41) is 0. The molecule has 148 valence electrons. The fraction of sp³-hybridized carbons (Fsp3) is 0.905. The number of hydrogen-bond donors (Lipinski definition) is 0. The van der Waals surface area contributed by atoms with E-state index in [0.717, 1.165) is 12.8 Å². The monoisotopic (exact) mass is 370 g/mol. The van der Waals surface area contributed by atoms with Crippen LogP contribution in [0, 0.1) is 18.3 Å². The largest absolute Gasteiger partial charge is 0.403 e. The predicted octanol–water partition coefficient (Wildman–Crippen LogP) is 6.00. The summed E-state index contributed by atoms with van der Waals surface area (Å²) in [4.78, 5) is 0. The van der Waals surface area contributed by atoms with Gasteiger partial charge >= 0.3 is 0 Å². The lowest BCUT2D eigenvalue weighted by atomic mass is 10.0. The van der Waals surface area contributed by atoms with Crippen LogP contribution in [0.1, 0.15) is 75.2 Å². The van der Waals surface area contributed by atoms with Crippen molar-refractivity contribution in [2.75, 3.05) is 13.2 Å². The van der Waals surface area contributed by atoms with Crippen LogP contribution >= 0.6 is 0 Å². The van der Waals surface area contributed by atoms with Crippen LogP contribution in [0.15, 0.2) is 0 Å². The van der Waals surface area contributed by atoms with Gasteiger partial charge in [-0.15, -0.1) is 6.42 Å². The van der Waals surface area contributed by atoms with Crippen molar-refractivity contribution in [3.63, 3.8) is 0 Å². The molecule has 3 atom stereocenters. The molecule has 0 aliphatic carbocycles. The van der Waals surface area contributed by atoms with Gasteiger partial charge in [-0.3, -0.25) is 0 Å². The van der Waals surface area contributed by atoms with E-state index in [1.165, 1.54) is 0 Å². The molecule has 25 heavy (non-hydrogen) atoms. The highest BCUT2D eigenvalue weighted by molar-refractivity contribution is 6.77. The molecule has 0 saturated heterocycles. The Morgan fingerprint density at radius 1 is 0.840 bits per heavy atom. The smallest absolute Gasteiger partial charge is 0.202 e. The molecule has 0 fully saturated rings. The predicted molar refractivity (Wildman–Crippen MR) is 110 cm³/mol. The minimum atomic E-state index is -1.92. The summed E-state index contributed by atoms with van der Waals surface area (Å²) in [6, 6.07) is 0. The highest BCUT2D eigenvalue weighted by Gasteiger charge is 2.46. The molecule has 0 spiro atoms. The van der Waals surface area contributed by atoms with E-state index in [0.29, 0.717) is 35.8 Å². The Bertz CT molecular complexity index is 365. The van der Waals surface area contributed by atoms with Gasteiger partial charge in [0.2, 0.25) is 8.32 Å². The SMILES string of the molecule is C#C[C@H](CC[C@H](C)COC(C)OCC)O[Si](C(C)C)(C(C)C)C(C)C. The van der Waals surface area contributed by atoms with E-state index in [2.05, 4.69) is 54.4 Å². The molecule has 4 heteroatoms. The molecule has 0 radical (unpaired) electrons. The van der Waals surface area contributed by atoms with Crippen molar-refractivity contribution in [1.29, 1.82) is 0 Å². The first-order chi connectivity index (χ1) is 11.6. The van der Waals surface area contributed by atoms with Gasteiger partial charge in [-0.1, -0.05) is 54.4 Å². The molecular formula is C21H42O3Si. The van der Waals surface area contributed by atoms with Gasteiger partial charge in [0, 0.05) is 6.61 Å². The fourth-order valence-electron chi connectivity index (χ4n) is 3.93. The Labute approximate surface area is 158 Å². The summed E-state index contributed by atoms with van der Waals surface area (Å²) in [5.74, 6) is 3.35. The van der Waals surface area contributed by atoms with Crippen LogP contribution in [0.5, 0.6) is 0 Å². The highest BCUT2D eigenvalue weighted by Crippen LogP contribution is 2.43. The molecule has 0 aromatic rings. The molecule has 3 nitrogen and oxygen atoms in total. The third kappa shape index (κ3) is 7.82. The summed E-state index contributed by atoms with van der Waals surface area (Å²) in [6.07, 6.45) is 7.49. The molecule has 0 aromatic heterocycles. The van der Waals surface area contributed by atoms with Gasteiger partial charge in [0.25, 0.3) is 0 Å². The average molecular weight is 371 g/mol. The molecule has 0 bridgehead atoms. The quantitative estimate of drug-likeness (QED) is 0.226. The first-order valence-electron chi connectivity index (χ1n) is 9.98. The maximum Gasteiger partial charge on any atom is 0.202 e. The third-order valence-electron chi connectivity index (χ3n) is 5.18. The van der Waals surface area contributed by atoms with Crippen molar-refractivity contribution in [2.45, 2.75) is 104 Å². The lowest BCUT2D eigenvalue weighted by Gasteiger charge is -2.43. The van der Waals surface area contributed by atoms with Gasteiger partial charge < -0.3 is 13.9 Å². The average Bonchev–Trinajstić information content (AvgIpc) is 2.52. The Morgan fingerprint density at radius 3 is 1.76 bits per heavy atom. The molecule has 0 N–H and O–H groups in total.